The number of nitrogens with two attached hydrogens (primary N) is 1. The van der Waals surface area contributed by atoms with Crippen molar-refractivity contribution in [1.29, 1.82) is 0 Å². The van der Waals surface area contributed by atoms with E-state index in [1.165, 1.54) is 11.1 Å². The van der Waals surface area contributed by atoms with Crippen LogP contribution in [0.5, 0.6) is 0 Å². The molecule has 1 aliphatic rings. The van der Waals surface area contributed by atoms with Gasteiger partial charge in [0.2, 0.25) is 5.91 Å². The van der Waals surface area contributed by atoms with Crippen molar-refractivity contribution in [2.45, 2.75) is 24.8 Å². The molecule has 1 aromatic rings. The van der Waals surface area contributed by atoms with Gasteiger partial charge in [0.15, 0.2) is 0 Å². The molecule has 21 heavy (non-hydrogen) atoms. The fourth-order valence-electron chi connectivity index (χ4n) is 2.37. The summed E-state index contributed by atoms with van der Waals surface area (Å²) in [4.78, 5) is 33.3. The summed E-state index contributed by atoms with van der Waals surface area (Å²) < 4.78 is 0. The van der Waals surface area contributed by atoms with Gasteiger partial charge in [-0.2, -0.15) is 0 Å². The first-order valence-corrected chi connectivity index (χ1v) is 6.60. The van der Waals surface area contributed by atoms with Gasteiger partial charge in [-0.25, -0.2) is 9.59 Å². The maximum atomic E-state index is 11.7. The lowest BCUT2D eigenvalue weighted by atomic mass is 9.78. The largest absolute Gasteiger partial charge is 0.480 e. The number of fused-ring (bicyclic) bond motifs is 1. The Morgan fingerprint density at radius 1 is 1.33 bits per heavy atom. The van der Waals surface area contributed by atoms with E-state index in [9.17, 15) is 14.4 Å². The molecule has 1 unspecified atom stereocenters. The normalized spacial score (nSPS) is 17.0. The molecule has 7 nitrogen and oxygen atoms in total. The minimum atomic E-state index is -1.31. The van der Waals surface area contributed by atoms with Crippen molar-refractivity contribution in [3.63, 3.8) is 0 Å². The molecule has 1 aliphatic carbocycles. The van der Waals surface area contributed by atoms with Gasteiger partial charge in [-0.3, -0.25) is 4.79 Å². The van der Waals surface area contributed by atoms with Gasteiger partial charge in [0.25, 0.3) is 0 Å². The van der Waals surface area contributed by atoms with Gasteiger partial charge >= 0.3 is 12.0 Å². The van der Waals surface area contributed by atoms with Crippen molar-refractivity contribution in [1.82, 2.24) is 10.6 Å². The molecule has 0 saturated heterocycles. The van der Waals surface area contributed by atoms with E-state index in [0.29, 0.717) is 6.54 Å². The van der Waals surface area contributed by atoms with E-state index < -0.39 is 30.4 Å². The zero-order chi connectivity index (χ0) is 15.4. The Morgan fingerprint density at radius 2 is 2.05 bits per heavy atom. The third kappa shape index (κ3) is 3.71. The van der Waals surface area contributed by atoms with Crippen LogP contribution in [-0.2, 0) is 16.0 Å². The molecule has 0 spiro atoms. The highest BCUT2D eigenvalue weighted by Gasteiger charge is 2.26. The number of hydrogen-bond donors (Lipinski definition) is 4. The van der Waals surface area contributed by atoms with Crippen molar-refractivity contribution in [3.05, 3.63) is 35.4 Å². The zero-order valence-corrected chi connectivity index (χ0v) is 11.3. The van der Waals surface area contributed by atoms with Crippen LogP contribution >= 0.6 is 0 Å². The average Bonchev–Trinajstić information content (AvgIpc) is 2.38. The van der Waals surface area contributed by atoms with Crippen LogP contribution in [0.1, 0.15) is 23.5 Å². The predicted octanol–water partition coefficient (Wildman–Crippen LogP) is -0.0459. The fraction of sp³-hybridized carbons (Fsp3) is 0.357. The molecule has 0 radical (unpaired) electrons. The van der Waals surface area contributed by atoms with E-state index >= 15 is 0 Å². The Labute approximate surface area is 121 Å². The van der Waals surface area contributed by atoms with E-state index in [0.717, 1.165) is 6.42 Å². The summed E-state index contributed by atoms with van der Waals surface area (Å²) in [5.74, 6) is -1.83. The average molecular weight is 291 g/mol. The van der Waals surface area contributed by atoms with E-state index in [1.54, 1.807) is 0 Å². The first kappa shape index (κ1) is 14.8. The van der Waals surface area contributed by atoms with Gasteiger partial charge < -0.3 is 21.5 Å². The van der Waals surface area contributed by atoms with Gasteiger partial charge in [0.05, 0.1) is 6.42 Å². The molecular formula is C14H17N3O4. The topological polar surface area (TPSA) is 122 Å². The Kier molecular flexibility index (Phi) is 4.42. The number of rotatable bonds is 6. The minimum Gasteiger partial charge on any atom is -0.480 e. The third-order valence-corrected chi connectivity index (χ3v) is 3.48. The molecule has 0 fully saturated rings. The number of amides is 3. The Bertz CT molecular complexity index is 573. The van der Waals surface area contributed by atoms with Crippen molar-refractivity contribution in [3.8, 4) is 0 Å². The van der Waals surface area contributed by atoms with Crippen LogP contribution in [0, 0.1) is 0 Å². The van der Waals surface area contributed by atoms with Crippen molar-refractivity contribution < 1.29 is 19.5 Å². The number of aliphatic carboxylic acids is 1. The summed E-state index contributed by atoms with van der Waals surface area (Å²) in [6.07, 6.45) is 0.453. The van der Waals surface area contributed by atoms with Gasteiger partial charge in [-0.15, -0.1) is 0 Å². The van der Waals surface area contributed by atoms with Gasteiger partial charge in [-0.05, 0) is 17.5 Å². The smallest absolute Gasteiger partial charge is 0.326 e. The van der Waals surface area contributed by atoms with Crippen molar-refractivity contribution >= 4 is 17.9 Å². The summed E-state index contributed by atoms with van der Waals surface area (Å²) in [5, 5.41) is 13.7. The highest BCUT2D eigenvalue weighted by Crippen LogP contribution is 2.33. The maximum absolute atomic E-state index is 11.7. The van der Waals surface area contributed by atoms with E-state index in [2.05, 4.69) is 10.6 Å². The Balaban J connectivity index is 1.80. The zero-order valence-electron chi connectivity index (χ0n) is 11.3. The molecule has 0 saturated carbocycles. The molecular weight excluding hydrogens is 274 g/mol. The van der Waals surface area contributed by atoms with Gasteiger partial charge in [-0.1, -0.05) is 24.3 Å². The van der Waals surface area contributed by atoms with E-state index in [4.69, 9.17) is 10.8 Å². The third-order valence-electron chi connectivity index (χ3n) is 3.48. The SMILES string of the molecule is NC(=O)C[C@@H](NC(=O)NCC1Cc2ccccc21)C(=O)O. The molecule has 2 rings (SSSR count). The maximum Gasteiger partial charge on any atom is 0.326 e. The quantitative estimate of drug-likeness (QED) is 0.587. The number of benzene rings is 1. The highest BCUT2D eigenvalue weighted by molar-refractivity contribution is 5.87. The van der Waals surface area contributed by atoms with Crippen LogP contribution in [0.2, 0.25) is 0 Å². The number of primary amides is 1. The van der Waals surface area contributed by atoms with E-state index in [-0.39, 0.29) is 5.92 Å². The summed E-state index contributed by atoms with van der Waals surface area (Å²) in [5.41, 5.74) is 7.40. The number of carboxylic acids is 1. The summed E-state index contributed by atoms with van der Waals surface area (Å²) in [6, 6.07) is 6.04. The lowest BCUT2D eigenvalue weighted by Gasteiger charge is -2.30. The molecule has 3 amide bonds. The first-order valence-electron chi connectivity index (χ1n) is 6.60. The summed E-state index contributed by atoms with van der Waals surface area (Å²) >= 11 is 0. The first-order chi connectivity index (χ1) is 9.97. The van der Waals surface area contributed by atoms with Crippen LogP contribution in [0.25, 0.3) is 0 Å². The number of hydrogen-bond acceptors (Lipinski definition) is 3. The summed E-state index contributed by atoms with van der Waals surface area (Å²) in [7, 11) is 0. The number of urea groups is 1. The molecule has 0 aromatic heterocycles. The summed E-state index contributed by atoms with van der Waals surface area (Å²) in [6.45, 7) is 0.422. The van der Waals surface area contributed by atoms with Gasteiger partial charge in [0, 0.05) is 12.5 Å². The van der Waals surface area contributed by atoms with E-state index in [1.807, 2.05) is 24.3 Å². The lowest BCUT2D eigenvalue weighted by molar-refractivity contribution is -0.140. The molecule has 1 aromatic carbocycles. The second-order valence-electron chi connectivity index (χ2n) is 5.02. The fourth-order valence-corrected chi connectivity index (χ4v) is 2.37. The predicted molar refractivity (Wildman–Crippen MR) is 74.7 cm³/mol. The van der Waals surface area contributed by atoms with Crippen LogP contribution in [0.15, 0.2) is 24.3 Å². The molecule has 0 aliphatic heterocycles. The van der Waals surface area contributed by atoms with Gasteiger partial charge in [0.1, 0.15) is 6.04 Å². The Morgan fingerprint density at radius 3 is 2.67 bits per heavy atom. The number of nitrogens with one attached hydrogen (secondary N) is 2. The molecule has 0 bridgehead atoms. The second kappa shape index (κ2) is 6.25. The van der Waals surface area contributed by atoms with Crippen LogP contribution in [-0.4, -0.2) is 35.6 Å². The lowest BCUT2D eigenvalue weighted by Crippen LogP contribution is -2.48. The van der Waals surface area contributed by atoms with Crippen molar-refractivity contribution in [2.75, 3.05) is 6.54 Å². The molecule has 5 N–H and O–H groups in total. The van der Waals surface area contributed by atoms with Crippen molar-refractivity contribution in [2.24, 2.45) is 5.73 Å². The number of carboxylic acid groups (broad SMARTS) is 1. The second-order valence-corrected chi connectivity index (χ2v) is 5.02. The minimum absolute atomic E-state index is 0.242. The highest BCUT2D eigenvalue weighted by atomic mass is 16.4. The molecule has 0 heterocycles. The van der Waals surface area contributed by atoms with Crippen LogP contribution in [0.4, 0.5) is 4.79 Å². The molecule has 7 heteroatoms. The molecule has 112 valence electrons. The van der Waals surface area contributed by atoms with Crippen LogP contribution in [0.3, 0.4) is 0 Å². The Hall–Kier alpha value is -2.57. The standard InChI is InChI=1S/C14H17N3O4/c15-12(18)6-11(13(19)20)17-14(21)16-7-9-5-8-3-1-2-4-10(8)9/h1-4,9,11H,5-7H2,(H2,15,18)(H,19,20)(H2,16,17,21)/t9?,11-/m1/s1. The monoisotopic (exact) mass is 291 g/mol. The number of carbonyl (C=O) groups is 3. The van der Waals surface area contributed by atoms with Crippen LogP contribution < -0.4 is 16.4 Å². The molecule has 2 atom stereocenters. The number of carbonyl (C=O) groups excluding carboxylic acids is 2.